The normalized spacial score (nSPS) is 13.5. The fourth-order valence-corrected chi connectivity index (χ4v) is 4.76. The zero-order valence-corrected chi connectivity index (χ0v) is 25.4. The van der Waals surface area contributed by atoms with Crippen molar-refractivity contribution in [3.8, 4) is 0 Å². The molecule has 1 unspecified atom stereocenters. The minimum Gasteiger partial charge on any atom is -0.477 e. The molecule has 0 rings (SSSR count). The number of hydrogen-bond donors (Lipinski definition) is 2. The van der Waals surface area contributed by atoms with Gasteiger partial charge in [-0.3, -0.25) is 0 Å². The number of allylic oxidation sites excluding steroid dienone is 2. The Bertz CT molecular complexity index is 542. The molecule has 0 heterocycles. The standard InChI is InChI=1S/C32H64N2O2/c1-7-9-10-11-12-13-14-15-16-17-18-19-20-21-22-23-24-25-26-27-28-33-30(8-2)29-34(5,6)32(3,4)31(35)36/h15-16,30,33H,7-14,17-29H2,1-6H3/p+1/b16-15-. The van der Waals surface area contributed by atoms with Crippen LogP contribution in [-0.4, -0.2) is 54.3 Å². The second-order valence-electron chi connectivity index (χ2n) is 12.1. The van der Waals surface area contributed by atoms with Crippen LogP contribution in [0.5, 0.6) is 0 Å². The highest BCUT2D eigenvalue weighted by Gasteiger charge is 2.44. The van der Waals surface area contributed by atoms with Crippen molar-refractivity contribution in [3.05, 3.63) is 12.2 Å². The highest BCUT2D eigenvalue weighted by molar-refractivity contribution is 5.76. The Hall–Kier alpha value is -0.870. The summed E-state index contributed by atoms with van der Waals surface area (Å²) in [5.41, 5.74) is -0.779. The summed E-state index contributed by atoms with van der Waals surface area (Å²) < 4.78 is 0.490. The van der Waals surface area contributed by atoms with Gasteiger partial charge in [0.1, 0.15) is 0 Å². The van der Waals surface area contributed by atoms with E-state index in [0.717, 1.165) is 19.5 Å². The predicted octanol–water partition coefficient (Wildman–Crippen LogP) is 8.89. The lowest BCUT2D eigenvalue weighted by Crippen LogP contribution is -2.64. The van der Waals surface area contributed by atoms with Crippen LogP contribution < -0.4 is 5.32 Å². The summed E-state index contributed by atoms with van der Waals surface area (Å²) in [6, 6.07) is 0.370. The van der Waals surface area contributed by atoms with Gasteiger partial charge in [-0.1, -0.05) is 109 Å². The molecular formula is C32H65N2O2+. The number of likely N-dealkylation sites (N-methyl/N-ethyl adjacent to an activating group) is 1. The van der Waals surface area contributed by atoms with Crippen molar-refractivity contribution >= 4 is 5.97 Å². The molecule has 0 aromatic carbocycles. The van der Waals surface area contributed by atoms with Gasteiger partial charge in [-0.05, 0) is 45.1 Å². The zero-order valence-electron chi connectivity index (χ0n) is 25.4. The highest BCUT2D eigenvalue weighted by Crippen LogP contribution is 2.21. The first-order valence-electron chi connectivity index (χ1n) is 15.6. The fraction of sp³-hybridized carbons (Fsp3) is 0.906. The van der Waals surface area contributed by atoms with Crippen LogP contribution in [0.25, 0.3) is 0 Å². The number of rotatable bonds is 26. The molecule has 0 spiro atoms. The van der Waals surface area contributed by atoms with E-state index in [1.165, 1.54) is 116 Å². The third-order valence-corrected chi connectivity index (χ3v) is 8.33. The monoisotopic (exact) mass is 510 g/mol. The first-order chi connectivity index (χ1) is 17.2. The maximum atomic E-state index is 11.7. The van der Waals surface area contributed by atoms with E-state index in [9.17, 15) is 9.90 Å². The van der Waals surface area contributed by atoms with Gasteiger partial charge in [0.2, 0.25) is 0 Å². The summed E-state index contributed by atoms with van der Waals surface area (Å²) in [5.74, 6) is -0.728. The number of aliphatic carboxylic acids is 1. The molecule has 0 radical (unpaired) electrons. The lowest BCUT2D eigenvalue weighted by molar-refractivity contribution is -0.929. The van der Waals surface area contributed by atoms with Crippen LogP contribution in [0.15, 0.2) is 12.2 Å². The molecule has 0 bridgehead atoms. The molecule has 0 aliphatic heterocycles. The van der Waals surface area contributed by atoms with Crippen molar-refractivity contribution in [1.29, 1.82) is 0 Å². The van der Waals surface area contributed by atoms with Crippen LogP contribution in [0.3, 0.4) is 0 Å². The molecule has 0 saturated heterocycles. The Labute approximate surface area is 226 Å². The van der Waals surface area contributed by atoms with Gasteiger partial charge in [0, 0.05) is 13.8 Å². The molecule has 36 heavy (non-hydrogen) atoms. The van der Waals surface area contributed by atoms with Crippen LogP contribution in [-0.2, 0) is 4.79 Å². The van der Waals surface area contributed by atoms with E-state index in [0.29, 0.717) is 10.5 Å². The van der Waals surface area contributed by atoms with Gasteiger partial charge < -0.3 is 14.9 Å². The molecule has 1 atom stereocenters. The highest BCUT2D eigenvalue weighted by atomic mass is 16.4. The van der Waals surface area contributed by atoms with E-state index in [4.69, 9.17) is 0 Å². The summed E-state index contributed by atoms with van der Waals surface area (Å²) in [6.07, 6.45) is 30.4. The molecule has 4 heteroatoms. The summed E-state index contributed by atoms with van der Waals surface area (Å²) in [6.45, 7) is 10.0. The van der Waals surface area contributed by atoms with Crippen molar-refractivity contribution in [1.82, 2.24) is 5.32 Å². The average Bonchev–Trinajstić information content (AvgIpc) is 2.83. The van der Waals surface area contributed by atoms with E-state index in [1.807, 2.05) is 27.9 Å². The number of carboxylic acid groups (broad SMARTS) is 1. The van der Waals surface area contributed by atoms with Gasteiger partial charge in [0.05, 0.1) is 26.7 Å². The van der Waals surface area contributed by atoms with Crippen molar-refractivity contribution in [2.24, 2.45) is 0 Å². The van der Waals surface area contributed by atoms with E-state index < -0.39 is 11.5 Å². The number of nitrogens with zero attached hydrogens (tertiary/aromatic N) is 1. The Kier molecular flexibility index (Phi) is 21.6. The minimum atomic E-state index is -0.779. The minimum absolute atomic E-state index is 0.370. The Morgan fingerprint density at radius 3 is 1.58 bits per heavy atom. The summed E-state index contributed by atoms with van der Waals surface area (Å²) in [4.78, 5) is 11.7. The van der Waals surface area contributed by atoms with Gasteiger partial charge in [0.25, 0.3) is 0 Å². The van der Waals surface area contributed by atoms with Crippen LogP contribution in [0, 0.1) is 0 Å². The zero-order chi connectivity index (χ0) is 27.1. The second-order valence-corrected chi connectivity index (χ2v) is 12.1. The number of quaternary nitrogens is 1. The Balaban J connectivity index is 3.55. The molecule has 0 amide bonds. The van der Waals surface area contributed by atoms with Gasteiger partial charge in [-0.15, -0.1) is 0 Å². The summed E-state index contributed by atoms with van der Waals surface area (Å²) in [7, 11) is 4.07. The van der Waals surface area contributed by atoms with Crippen molar-refractivity contribution in [2.45, 2.75) is 161 Å². The predicted molar refractivity (Wildman–Crippen MR) is 159 cm³/mol. The quantitative estimate of drug-likeness (QED) is 0.0695. The lowest BCUT2D eigenvalue weighted by Gasteiger charge is -2.43. The summed E-state index contributed by atoms with van der Waals surface area (Å²) >= 11 is 0. The first-order valence-corrected chi connectivity index (χ1v) is 15.6. The van der Waals surface area contributed by atoms with Crippen LogP contribution in [0.4, 0.5) is 0 Å². The number of unbranched alkanes of at least 4 members (excludes halogenated alkanes) is 16. The van der Waals surface area contributed by atoms with Gasteiger partial charge in [-0.2, -0.15) is 0 Å². The molecule has 0 aromatic rings. The van der Waals surface area contributed by atoms with E-state index >= 15 is 0 Å². The van der Waals surface area contributed by atoms with Gasteiger partial charge >= 0.3 is 5.97 Å². The van der Waals surface area contributed by atoms with Crippen LogP contribution in [0.2, 0.25) is 0 Å². The molecule has 0 saturated carbocycles. The number of carboxylic acids is 1. The number of nitrogens with one attached hydrogen (secondary N) is 1. The topological polar surface area (TPSA) is 49.3 Å². The lowest BCUT2D eigenvalue weighted by atomic mass is 9.99. The SMILES string of the molecule is CCCCCCCC/C=C\CCCCCCCCCCCCNC(CC)C[N+](C)(C)C(C)(C)C(=O)O. The number of carbonyl (C=O) groups is 1. The van der Waals surface area contributed by atoms with Crippen molar-refractivity contribution in [2.75, 3.05) is 27.2 Å². The van der Waals surface area contributed by atoms with E-state index in [1.54, 1.807) is 0 Å². The van der Waals surface area contributed by atoms with E-state index in [-0.39, 0.29) is 0 Å². The first kappa shape index (κ1) is 35.1. The third-order valence-electron chi connectivity index (χ3n) is 8.33. The maximum absolute atomic E-state index is 11.7. The van der Waals surface area contributed by atoms with Crippen molar-refractivity contribution in [3.63, 3.8) is 0 Å². The molecule has 0 fully saturated rings. The molecule has 4 nitrogen and oxygen atoms in total. The Morgan fingerprint density at radius 2 is 1.17 bits per heavy atom. The Morgan fingerprint density at radius 1 is 0.750 bits per heavy atom. The van der Waals surface area contributed by atoms with Gasteiger partial charge in [0.15, 0.2) is 5.54 Å². The van der Waals surface area contributed by atoms with Crippen LogP contribution in [0.1, 0.15) is 150 Å². The van der Waals surface area contributed by atoms with Gasteiger partial charge in [-0.25, -0.2) is 4.79 Å². The molecule has 2 N–H and O–H groups in total. The van der Waals surface area contributed by atoms with Crippen LogP contribution >= 0.6 is 0 Å². The molecule has 214 valence electrons. The number of hydrogen-bond acceptors (Lipinski definition) is 2. The smallest absolute Gasteiger partial charge is 0.365 e. The van der Waals surface area contributed by atoms with Crippen molar-refractivity contribution < 1.29 is 14.4 Å². The maximum Gasteiger partial charge on any atom is 0.365 e. The molecular weight excluding hydrogens is 444 g/mol. The summed E-state index contributed by atoms with van der Waals surface area (Å²) in [5, 5.41) is 13.3. The molecule has 0 aromatic heterocycles. The fourth-order valence-electron chi connectivity index (χ4n) is 4.76. The molecule has 0 aliphatic rings. The molecule has 0 aliphatic carbocycles. The third kappa shape index (κ3) is 17.6. The average molecular weight is 510 g/mol. The second kappa shape index (κ2) is 22.1. The largest absolute Gasteiger partial charge is 0.477 e. The van der Waals surface area contributed by atoms with E-state index in [2.05, 4.69) is 31.3 Å².